The van der Waals surface area contributed by atoms with Gasteiger partial charge in [0.2, 0.25) is 0 Å². The van der Waals surface area contributed by atoms with Gasteiger partial charge in [0.1, 0.15) is 0 Å². The fraction of sp³-hybridized carbons (Fsp3) is 0.529. The number of alkyl halides is 3. The van der Waals surface area contributed by atoms with Crippen LogP contribution in [0.25, 0.3) is 10.1 Å². The summed E-state index contributed by atoms with van der Waals surface area (Å²) in [5, 5.41) is 0.769. The quantitative estimate of drug-likeness (QED) is 0.518. The highest BCUT2D eigenvalue weighted by Crippen LogP contribution is 2.56. The molecule has 0 nitrogen and oxygen atoms in total. The number of hydrogen-bond donors (Lipinski definition) is 0. The molecule has 2 aromatic rings. The van der Waals surface area contributed by atoms with E-state index in [4.69, 9.17) is 0 Å². The topological polar surface area (TPSA) is 0 Å². The lowest BCUT2D eigenvalue weighted by molar-refractivity contribution is -0.0868. The summed E-state index contributed by atoms with van der Waals surface area (Å²) in [7, 11) is -1.72. The van der Waals surface area contributed by atoms with E-state index in [-0.39, 0.29) is 11.3 Å². The van der Waals surface area contributed by atoms with Crippen molar-refractivity contribution in [1.82, 2.24) is 0 Å². The fourth-order valence-corrected chi connectivity index (χ4v) is 5.06. The minimum Gasteiger partial charge on any atom is -0.118 e. The van der Waals surface area contributed by atoms with Crippen LogP contribution in [0.4, 0.5) is 13.2 Å². The first-order chi connectivity index (χ1) is 9.68. The van der Waals surface area contributed by atoms with Gasteiger partial charge in [0.15, 0.2) is 9.58 Å². The summed E-state index contributed by atoms with van der Waals surface area (Å²) in [6, 6.07) is 7.43. The van der Waals surface area contributed by atoms with E-state index < -0.39 is 16.0 Å². The molecule has 0 radical (unpaired) electrons. The lowest BCUT2D eigenvalue weighted by Gasteiger charge is -2.22. The van der Waals surface area contributed by atoms with Crippen LogP contribution < -0.4 is 0 Å². The largest absolute Gasteiger partial charge is 0.600 e. The highest BCUT2D eigenvalue weighted by molar-refractivity contribution is 7.38. The zero-order valence-corrected chi connectivity index (χ0v) is 13.4. The minimum atomic E-state index is -4.16. The predicted molar refractivity (Wildman–Crippen MR) is 83.0 cm³/mol. The molecule has 114 valence electrons. The van der Waals surface area contributed by atoms with Gasteiger partial charge in [0.05, 0.1) is 10.5 Å². The Morgan fingerprint density at radius 2 is 1.71 bits per heavy atom. The molecular formula is C17H20F3S+. The van der Waals surface area contributed by atoms with E-state index in [2.05, 4.69) is 0 Å². The average molecular weight is 313 g/mol. The summed E-state index contributed by atoms with van der Waals surface area (Å²) in [5.41, 5.74) is -3.32. The molecule has 0 bridgehead atoms. The third-order valence-corrected chi connectivity index (χ3v) is 6.55. The third kappa shape index (κ3) is 2.59. The zero-order chi connectivity index (χ0) is 15.4. The maximum Gasteiger partial charge on any atom is 0.600 e. The van der Waals surface area contributed by atoms with Gasteiger partial charge in [0, 0.05) is 23.4 Å². The first-order valence-electron chi connectivity index (χ1n) is 7.35. The fourth-order valence-electron chi connectivity index (χ4n) is 2.87. The summed E-state index contributed by atoms with van der Waals surface area (Å²) < 4.78 is 41.3. The number of rotatable bonds is 1. The molecule has 0 N–H and O–H groups in total. The van der Waals surface area contributed by atoms with Crippen LogP contribution in [0.5, 0.6) is 0 Å². The molecule has 1 atom stereocenters. The molecule has 1 unspecified atom stereocenters. The van der Waals surface area contributed by atoms with Gasteiger partial charge in [-0.15, -0.1) is 13.2 Å². The Kier molecular flexibility index (Phi) is 3.36. The van der Waals surface area contributed by atoms with Gasteiger partial charge in [-0.2, -0.15) is 0 Å². The smallest absolute Gasteiger partial charge is 0.118 e. The highest BCUT2D eigenvalue weighted by Gasteiger charge is 2.50. The third-order valence-electron chi connectivity index (χ3n) is 4.37. The van der Waals surface area contributed by atoms with Crippen molar-refractivity contribution in [2.45, 2.75) is 56.9 Å². The summed E-state index contributed by atoms with van der Waals surface area (Å²) in [5.74, 6) is 0.139. The van der Waals surface area contributed by atoms with Gasteiger partial charge >= 0.3 is 5.51 Å². The number of halogens is 3. The van der Waals surface area contributed by atoms with E-state index in [0.29, 0.717) is 9.58 Å². The SMILES string of the molecule is CC(C)(C)c1ccc2cc(C3CCC3)[s+](C(F)(F)F)c2c1. The maximum atomic E-state index is 13.6. The number of hydrogen-bond acceptors (Lipinski definition) is 0. The molecule has 1 aromatic carbocycles. The van der Waals surface area contributed by atoms with E-state index in [1.807, 2.05) is 39.0 Å². The van der Waals surface area contributed by atoms with Gasteiger partial charge in [-0.25, -0.2) is 0 Å². The van der Waals surface area contributed by atoms with Gasteiger partial charge in [-0.05, 0) is 29.9 Å². The molecule has 4 heteroatoms. The molecule has 21 heavy (non-hydrogen) atoms. The van der Waals surface area contributed by atoms with Gasteiger partial charge < -0.3 is 0 Å². The van der Waals surface area contributed by atoms with E-state index in [1.165, 1.54) is 0 Å². The van der Waals surface area contributed by atoms with Crippen molar-refractivity contribution in [3.63, 3.8) is 0 Å². The van der Waals surface area contributed by atoms with Crippen LogP contribution in [0, 0.1) is 0 Å². The maximum absolute atomic E-state index is 13.6. The Balaban J connectivity index is 2.24. The second kappa shape index (κ2) is 4.73. The molecule has 0 spiro atoms. The van der Waals surface area contributed by atoms with Gasteiger partial charge in [-0.1, -0.05) is 33.3 Å². The van der Waals surface area contributed by atoms with Crippen molar-refractivity contribution in [3.8, 4) is 0 Å². The molecule has 0 aliphatic heterocycles. The van der Waals surface area contributed by atoms with Gasteiger partial charge in [0.25, 0.3) is 0 Å². The normalized spacial score (nSPS) is 18.1. The van der Waals surface area contributed by atoms with Crippen molar-refractivity contribution in [3.05, 3.63) is 34.7 Å². The van der Waals surface area contributed by atoms with Gasteiger partial charge in [-0.3, -0.25) is 0 Å². The molecule has 3 rings (SSSR count). The summed E-state index contributed by atoms with van der Waals surface area (Å²) in [6.45, 7) is 6.11. The van der Waals surface area contributed by atoms with Crippen LogP contribution in [0.15, 0.2) is 24.3 Å². The van der Waals surface area contributed by atoms with Crippen LogP contribution in [0.3, 0.4) is 0 Å². The Labute approximate surface area is 125 Å². The Morgan fingerprint density at radius 1 is 1.05 bits per heavy atom. The van der Waals surface area contributed by atoms with E-state index in [0.717, 1.165) is 30.2 Å². The molecule has 1 heterocycles. The lowest BCUT2D eigenvalue weighted by Crippen LogP contribution is -2.11. The summed E-state index contributed by atoms with van der Waals surface area (Å²) in [4.78, 5) is 0.620. The highest BCUT2D eigenvalue weighted by atomic mass is 32.2. The van der Waals surface area contributed by atoms with Crippen LogP contribution in [0.1, 0.15) is 56.4 Å². The zero-order valence-electron chi connectivity index (χ0n) is 12.6. The molecule has 0 saturated heterocycles. The monoisotopic (exact) mass is 313 g/mol. The molecule has 0 amide bonds. The molecule has 1 saturated carbocycles. The summed E-state index contributed by atoms with van der Waals surface area (Å²) in [6.07, 6.45) is 2.87. The Bertz CT molecular complexity index is 670. The second-order valence-electron chi connectivity index (χ2n) is 6.93. The molecule has 1 aromatic heterocycles. The van der Waals surface area contributed by atoms with E-state index in [1.54, 1.807) is 6.07 Å². The number of fused-ring (bicyclic) bond motifs is 1. The summed E-state index contributed by atoms with van der Waals surface area (Å²) >= 11 is 0. The average Bonchev–Trinajstić information content (AvgIpc) is 2.61. The van der Waals surface area contributed by atoms with E-state index >= 15 is 0 Å². The standard InChI is InChI=1S/C17H20F3S/c1-16(2,3)13-8-7-12-9-14(11-5-4-6-11)21(15(12)10-13)17(18,19)20/h7-11H,4-6H2,1-3H3/q+1. The van der Waals surface area contributed by atoms with Crippen LogP contribution >= 0.6 is 10.5 Å². The number of thiophene rings is 1. The molecule has 1 aliphatic carbocycles. The van der Waals surface area contributed by atoms with Crippen LogP contribution in [-0.2, 0) is 10.9 Å². The van der Waals surface area contributed by atoms with Crippen molar-refractivity contribution in [2.24, 2.45) is 0 Å². The lowest BCUT2D eigenvalue weighted by atomic mass is 9.84. The predicted octanol–water partition coefficient (Wildman–Crippen LogP) is 6.63. The minimum absolute atomic E-state index is 0.130. The first kappa shape index (κ1) is 14.9. The molecule has 1 aliphatic rings. The first-order valence-corrected chi connectivity index (χ1v) is 8.57. The van der Waals surface area contributed by atoms with Crippen LogP contribution in [0.2, 0.25) is 0 Å². The van der Waals surface area contributed by atoms with E-state index in [9.17, 15) is 13.2 Å². The number of benzene rings is 1. The van der Waals surface area contributed by atoms with Crippen molar-refractivity contribution < 1.29 is 13.2 Å². The molecule has 1 fully saturated rings. The van der Waals surface area contributed by atoms with Crippen molar-refractivity contribution in [2.75, 3.05) is 0 Å². The molecular weight excluding hydrogens is 293 g/mol. The Morgan fingerprint density at radius 3 is 2.19 bits per heavy atom. The second-order valence-corrected chi connectivity index (χ2v) is 8.92. The van der Waals surface area contributed by atoms with Crippen molar-refractivity contribution >= 4 is 20.6 Å². The Hall–Kier alpha value is -1.03. The van der Waals surface area contributed by atoms with Crippen LogP contribution in [-0.4, -0.2) is 0 Å². The van der Waals surface area contributed by atoms with Crippen molar-refractivity contribution in [1.29, 1.82) is 0 Å².